The summed E-state index contributed by atoms with van der Waals surface area (Å²) in [5.74, 6) is 0. The molecular weight excluding hydrogens is 176 g/mol. The highest BCUT2D eigenvalue weighted by Gasteiger charge is 1.99. The van der Waals surface area contributed by atoms with Crippen LogP contribution in [-0.2, 0) is 11.2 Å². The molecule has 0 aromatic carbocycles. The number of aromatic nitrogens is 1. The zero-order valence-corrected chi connectivity index (χ0v) is 8.86. The molecular formula is C11H18N2O. The summed E-state index contributed by atoms with van der Waals surface area (Å²) in [7, 11) is 1.72. The number of hydrogen-bond donors (Lipinski definition) is 1. The van der Waals surface area contributed by atoms with Crippen LogP contribution in [0.1, 0.15) is 12.6 Å². The van der Waals surface area contributed by atoms with E-state index in [1.807, 2.05) is 24.4 Å². The summed E-state index contributed by atoms with van der Waals surface area (Å²) in [5.41, 5.74) is 1.13. The molecule has 0 amide bonds. The molecule has 1 aromatic heterocycles. The first kappa shape index (κ1) is 11.1. The molecule has 1 N–H and O–H groups in total. The lowest BCUT2D eigenvalue weighted by molar-refractivity contribution is 0.172. The minimum Gasteiger partial charge on any atom is -0.383 e. The SMILES string of the molecule is COC[C@H](C)NCCc1ccccn1. The molecule has 0 spiro atoms. The predicted molar refractivity (Wildman–Crippen MR) is 57.3 cm³/mol. The number of rotatable bonds is 6. The average molecular weight is 194 g/mol. The van der Waals surface area contributed by atoms with Crippen molar-refractivity contribution in [2.24, 2.45) is 0 Å². The van der Waals surface area contributed by atoms with Crippen molar-refractivity contribution in [2.45, 2.75) is 19.4 Å². The fraction of sp³-hybridized carbons (Fsp3) is 0.545. The number of nitrogens with zero attached hydrogens (tertiary/aromatic N) is 1. The molecule has 0 bridgehead atoms. The maximum atomic E-state index is 5.03. The topological polar surface area (TPSA) is 34.1 Å². The first-order valence-corrected chi connectivity index (χ1v) is 4.95. The Labute approximate surface area is 85.5 Å². The summed E-state index contributed by atoms with van der Waals surface area (Å²) in [5, 5.41) is 3.37. The second-order valence-corrected chi connectivity index (χ2v) is 3.38. The molecule has 3 nitrogen and oxygen atoms in total. The number of pyridine rings is 1. The zero-order valence-electron chi connectivity index (χ0n) is 8.86. The van der Waals surface area contributed by atoms with Gasteiger partial charge in [-0.3, -0.25) is 4.98 Å². The maximum Gasteiger partial charge on any atom is 0.0613 e. The highest BCUT2D eigenvalue weighted by atomic mass is 16.5. The summed E-state index contributed by atoms with van der Waals surface area (Å²) < 4.78 is 5.03. The Balaban J connectivity index is 2.16. The van der Waals surface area contributed by atoms with E-state index in [-0.39, 0.29) is 0 Å². The number of hydrogen-bond acceptors (Lipinski definition) is 3. The van der Waals surface area contributed by atoms with E-state index >= 15 is 0 Å². The Morgan fingerprint density at radius 1 is 1.50 bits per heavy atom. The number of ether oxygens (including phenoxy) is 1. The van der Waals surface area contributed by atoms with Crippen molar-refractivity contribution in [2.75, 3.05) is 20.3 Å². The molecule has 1 heterocycles. The van der Waals surface area contributed by atoms with Crippen LogP contribution in [0.15, 0.2) is 24.4 Å². The third-order valence-corrected chi connectivity index (χ3v) is 2.02. The van der Waals surface area contributed by atoms with Crippen molar-refractivity contribution in [3.05, 3.63) is 30.1 Å². The Morgan fingerprint density at radius 3 is 3.00 bits per heavy atom. The van der Waals surface area contributed by atoms with E-state index < -0.39 is 0 Å². The summed E-state index contributed by atoms with van der Waals surface area (Å²) in [6.45, 7) is 3.81. The van der Waals surface area contributed by atoms with Gasteiger partial charge in [-0.1, -0.05) is 6.07 Å². The second-order valence-electron chi connectivity index (χ2n) is 3.38. The fourth-order valence-electron chi connectivity index (χ4n) is 1.30. The Morgan fingerprint density at radius 2 is 2.36 bits per heavy atom. The van der Waals surface area contributed by atoms with Gasteiger partial charge < -0.3 is 10.1 Å². The predicted octanol–water partition coefficient (Wildman–Crippen LogP) is 1.25. The van der Waals surface area contributed by atoms with E-state index in [1.54, 1.807) is 7.11 Å². The van der Waals surface area contributed by atoms with Gasteiger partial charge in [0.25, 0.3) is 0 Å². The van der Waals surface area contributed by atoms with Crippen LogP contribution in [0, 0.1) is 0 Å². The normalized spacial score (nSPS) is 12.7. The molecule has 0 aliphatic rings. The minimum atomic E-state index is 0.406. The van der Waals surface area contributed by atoms with Gasteiger partial charge in [0.15, 0.2) is 0 Å². The lowest BCUT2D eigenvalue weighted by atomic mass is 10.2. The Bertz CT molecular complexity index is 238. The van der Waals surface area contributed by atoms with E-state index in [4.69, 9.17) is 4.74 Å². The van der Waals surface area contributed by atoms with Crippen LogP contribution in [0.25, 0.3) is 0 Å². The highest BCUT2D eigenvalue weighted by Crippen LogP contribution is 1.93. The molecule has 1 rings (SSSR count). The van der Waals surface area contributed by atoms with E-state index in [1.165, 1.54) is 0 Å². The van der Waals surface area contributed by atoms with Crippen molar-refractivity contribution in [3.63, 3.8) is 0 Å². The van der Waals surface area contributed by atoms with Gasteiger partial charge >= 0.3 is 0 Å². The summed E-state index contributed by atoms with van der Waals surface area (Å²) in [6.07, 6.45) is 2.79. The van der Waals surface area contributed by atoms with E-state index in [0.29, 0.717) is 6.04 Å². The number of methoxy groups -OCH3 is 1. The van der Waals surface area contributed by atoms with Crippen molar-refractivity contribution in [1.82, 2.24) is 10.3 Å². The van der Waals surface area contributed by atoms with Crippen molar-refractivity contribution in [1.29, 1.82) is 0 Å². The van der Waals surface area contributed by atoms with Crippen LogP contribution in [0.4, 0.5) is 0 Å². The maximum absolute atomic E-state index is 5.03. The van der Waals surface area contributed by atoms with Gasteiger partial charge in [0.2, 0.25) is 0 Å². The molecule has 0 fully saturated rings. The lowest BCUT2D eigenvalue weighted by Crippen LogP contribution is -2.31. The van der Waals surface area contributed by atoms with E-state index in [0.717, 1.165) is 25.3 Å². The Hall–Kier alpha value is -0.930. The molecule has 3 heteroatoms. The van der Waals surface area contributed by atoms with Gasteiger partial charge in [0, 0.05) is 38.0 Å². The van der Waals surface area contributed by atoms with E-state index in [9.17, 15) is 0 Å². The van der Waals surface area contributed by atoms with Crippen molar-refractivity contribution >= 4 is 0 Å². The highest BCUT2D eigenvalue weighted by molar-refractivity contribution is 5.03. The van der Waals surface area contributed by atoms with Crippen LogP contribution >= 0.6 is 0 Å². The quantitative estimate of drug-likeness (QED) is 0.740. The summed E-state index contributed by atoms with van der Waals surface area (Å²) in [4.78, 5) is 4.25. The molecule has 0 saturated heterocycles. The molecule has 0 aliphatic heterocycles. The molecule has 14 heavy (non-hydrogen) atoms. The zero-order chi connectivity index (χ0) is 10.2. The van der Waals surface area contributed by atoms with Gasteiger partial charge in [-0.05, 0) is 19.1 Å². The molecule has 0 unspecified atom stereocenters. The molecule has 0 aliphatic carbocycles. The minimum absolute atomic E-state index is 0.406. The average Bonchev–Trinajstić information content (AvgIpc) is 2.20. The van der Waals surface area contributed by atoms with Gasteiger partial charge in [0.05, 0.1) is 6.61 Å². The monoisotopic (exact) mass is 194 g/mol. The van der Waals surface area contributed by atoms with Crippen LogP contribution in [0.2, 0.25) is 0 Å². The first-order chi connectivity index (χ1) is 6.83. The first-order valence-electron chi connectivity index (χ1n) is 4.95. The van der Waals surface area contributed by atoms with Crippen molar-refractivity contribution < 1.29 is 4.74 Å². The van der Waals surface area contributed by atoms with Gasteiger partial charge in [-0.2, -0.15) is 0 Å². The molecule has 78 valence electrons. The third-order valence-electron chi connectivity index (χ3n) is 2.02. The third kappa shape index (κ3) is 4.35. The molecule has 0 saturated carbocycles. The van der Waals surface area contributed by atoms with Crippen LogP contribution in [0.3, 0.4) is 0 Å². The van der Waals surface area contributed by atoms with Crippen molar-refractivity contribution in [3.8, 4) is 0 Å². The van der Waals surface area contributed by atoms with Crippen LogP contribution < -0.4 is 5.32 Å². The largest absolute Gasteiger partial charge is 0.383 e. The van der Waals surface area contributed by atoms with Crippen LogP contribution in [-0.4, -0.2) is 31.3 Å². The van der Waals surface area contributed by atoms with Gasteiger partial charge in [-0.25, -0.2) is 0 Å². The number of nitrogens with one attached hydrogen (secondary N) is 1. The molecule has 0 radical (unpaired) electrons. The van der Waals surface area contributed by atoms with Gasteiger partial charge in [0.1, 0.15) is 0 Å². The smallest absolute Gasteiger partial charge is 0.0613 e. The standard InChI is InChI=1S/C11H18N2O/c1-10(9-14-2)12-8-6-11-5-3-4-7-13-11/h3-5,7,10,12H,6,8-9H2,1-2H3/t10-/m0/s1. The van der Waals surface area contributed by atoms with Crippen LogP contribution in [0.5, 0.6) is 0 Å². The Kier molecular flexibility index (Phi) is 5.19. The molecule has 1 atom stereocenters. The molecule has 1 aromatic rings. The summed E-state index contributed by atoms with van der Waals surface area (Å²) in [6, 6.07) is 6.40. The lowest BCUT2D eigenvalue weighted by Gasteiger charge is -2.11. The van der Waals surface area contributed by atoms with Gasteiger partial charge in [-0.15, -0.1) is 0 Å². The fourth-order valence-corrected chi connectivity index (χ4v) is 1.30. The van der Waals surface area contributed by atoms with E-state index in [2.05, 4.69) is 17.2 Å². The second kappa shape index (κ2) is 6.51. The summed E-state index contributed by atoms with van der Waals surface area (Å²) >= 11 is 0.